The van der Waals surface area contributed by atoms with E-state index in [-0.39, 0.29) is 11.3 Å². The number of benzene rings is 3. The van der Waals surface area contributed by atoms with Crippen LogP contribution in [0.15, 0.2) is 102 Å². The Bertz CT molecular complexity index is 1590. The topological polar surface area (TPSA) is 115 Å². The molecule has 10 heteroatoms. The molecule has 3 aromatic carbocycles. The molecule has 0 amide bonds. The SMILES string of the molecule is O=S(=O)(O)C1=C(S(=O)(=O)O)N2C(c3ccccc3)=CC=CN2c2cccc(-c3ccccc3)c21. The lowest BCUT2D eigenvalue weighted by Gasteiger charge is -2.44. The van der Waals surface area contributed by atoms with E-state index in [1.54, 1.807) is 97.2 Å². The minimum atomic E-state index is -5.16. The Hall–Kier alpha value is -3.70. The molecule has 5 rings (SSSR count). The number of anilines is 1. The van der Waals surface area contributed by atoms with Crippen LogP contribution in [0, 0.1) is 0 Å². The average Bonchev–Trinajstić information content (AvgIpc) is 2.82. The average molecular weight is 495 g/mol. The van der Waals surface area contributed by atoms with Gasteiger partial charge in [0.25, 0.3) is 10.1 Å². The highest BCUT2D eigenvalue weighted by atomic mass is 32.2. The van der Waals surface area contributed by atoms with Crippen LogP contribution in [0.5, 0.6) is 0 Å². The number of hydrogen-bond donors (Lipinski definition) is 2. The summed E-state index contributed by atoms with van der Waals surface area (Å²) >= 11 is 0. The van der Waals surface area contributed by atoms with Crippen LogP contribution >= 0.6 is 0 Å². The van der Waals surface area contributed by atoms with Crippen molar-refractivity contribution in [2.24, 2.45) is 0 Å². The Kier molecular flexibility index (Phi) is 5.18. The smallest absolute Gasteiger partial charge is 0.282 e. The van der Waals surface area contributed by atoms with Crippen LogP contribution in [-0.2, 0) is 20.2 Å². The largest absolute Gasteiger partial charge is 0.313 e. The molecule has 0 saturated heterocycles. The number of rotatable bonds is 4. The zero-order valence-electron chi connectivity index (χ0n) is 17.5. The molecule has 2 N–H and O–H groups in total. The molecular formula is C24H18N2O6S2. The Morgan fingerprint density at radius 2 is 1.29 bits per heavy atom. The van der Waals surface area contributed by atoms with Crippen molar-refractivity contribution in [1.82, 2.24) is 5.01 Å². The first-order chi connectivity index (χ1) is 16.2. The third kappa shape index (κ3) is 3.62. The molecular weight excluding hydrogens is 476 g/mol. The lowest BCUT2D eigenvalue weighted by Crippen LogP contribution is -2.45. The van der Waals surface area contributed by atoms with Gasteiger partial charge in [0.15, 0.2) is 0 Å². The second-order valence-electron chi connectivity index (χ2n) is 7.57. The molecule has 8 nitrogen and oxygen atoms in total. The van der Waals surface area contributed by atoms with Gasteiger partial charge >= 0.3 is 10.1 Å². The van der Waals surface area contributed by atoms with E-state index in [2.05, 4.69) is 0 Å². The van der Waals surface area contributed by atoms with E-state index in [4.69, 9.17) is 0 Å². The van der Waals surface area contributed by atoms with Gasteiger partial charge in [0, 0.05) is 17.3 Å². The Balaban J connectivity index is 1.93. The Morgan fingerprint density at radius 3 is 1.88 bits per heavy atom. The fourth-order valence-corrected chi connectivity index (χ4v) is 6.34. The second kappa shape index (κ2) is 7.96. The van der Waals surface area contributed by atoms with Gasteiger partial charge in [-0.25, -0.2) is 5.01 Å². The van der Waals surface area contributed by atoms with Gasteiger partial charge in [0.05, 0.1) is 11.4 Å². The Labute approximate surface area is 196 Å². The predicted octanol–water partition coefficient (Wildman–Crippen LogP) is 4.36. The molecule has 172 valence electrons. The highest BCUT2D eigenvalue weighted by Crippen LogP contribution is 2.49. The van der Waals surface area contributed by atoms with Crippen molar-refractivity contribution in [3.63, 3.8) is 0 Å². The number of fused-ring (bicyclic) bond motifs is 3. The maximum absolute atomic E-state index is 12.7. The number of nitrogens with zero attached hydrogens (tertiary/aromatic N) is 2. The molecule has 0 radical (unpaired) electrons. The van der Waals surface area contributed by atoms with Gasteiger partial charge < -0.3 is 0 Å². The molecule has 0 spiro atoms. The van der Waals surface area contributed by atoms with Crippen LogP contribution in [0.25, 0.3) is 21.7 Å². The fraction of sp³-hybridized carbons (Fsp3) is 0. The molecule has 0 saturated carbocycles. The van der Waals surface area contributed by atoms with Crippen LogP contribution in [0.4, 0.5) is 5.69 Å². The van der Waals surface area contributed by atoms with Gasteiger partial charge in [-0.15, -0.1) is 0 Å². The molecule has 3 aromatic rings. The van der Waals surface area contributed by atoms with Crippen molar-refractivity contribution >= 4 is 36.5 Å². The summed E-state index contributed by atoms with van der Waals surface area (Å²) in [7, 11) is -10.3. The van der Waals surface area contributed by atoms with Gasteiger partial charge in [0.2, 0.25) is 5.03 Å². The summed E-state index contributed by atoms with van der Waals surface area (Å²) in [4.78, 5) is -0.905. The van der Waals surface area contributed by atoms with Gasteiger partial charge in [-0.3, -0.25) is 14.1 Å². The van der Waals surface area contributed by atoms with E-state index in [0.29, 0.717) is 22.4 Å². The summed E-state index contributed by atoms with van der Waals surface area (Å²) < 4.78 is 71.5. The molecule has 0 bridgehead atoms. The molecule has 2 heterocycles. The van der Waals surface area contributed by atoms with Gasteiger partial charge in [-0.2, -0.15) is 16.8 Å². The minimum absolute atomic E-state index is 0.0426. The summed E-state index contributed by atoms with van der Waals surface area (Å²) in [6.07, 6.45) is 4.81. The standard InChI is InChI=1S/C24H18N2O6S2/c27-33(28,29)23-22-19(17-9-3-1-4-10-17)13-7-14-21(22)25-16-8-15-20(18-11-5-2-6-12-18)26(25)24(23)34(30,31)32/h1-16H,(H,27,28,29)(H,30,31,32). The lowest BCUT2D eigenvalue weighted by molar-refractivity contribution is 0.447. The van der Waals surface area contributed by atoms with Crippen molar-refractivity contribution in [2.75, 3.05) is 5.01 Å². The van der Waals surface area contributed by atoms with Crippen molar-refractivity contribution in [3.8, 4) is 11.1 Å². The number of hydrazine groups is 1. The summed E-state index contributed by atoms with van der Waals surface area (Å²) in [5.74, 6) is 0. The molecule has 0 aliphatic carbocycles. The van der Waals surface area contributed by atoms with Crippen molar-refractivity contribution < 1.29 is 25.9 Å². The molecule has 0 unspecified atom stereocenters. The molecule has 0 fully saturated rings. The summed E-state index contributed by atoms with van der Waals surface area (Å²) in [6.45, 7) is 0. The van der Waals surface area contributed by atoms with Crippen LogP contribution in [-0.4, -0.2) is 31.0 Å². The van der Waals surface area contributed by atoms with E-state index in [1.165, 1.54) is 5.01 Å². The minimum Gasteiger partial charge on any atom is -0.282 e. The van der Waals surface area contributed by atoms with Crippen LogP contribution in [0.3, 0.4) is 0 Å². The van der Waals surface area contributed by atoms with E-state index < -0.39 is 30.2 Å². The summed E-state index contributed by atoms with van der Waals surface area (Å²) in [5, 5.41) is 1.54. The molecule has 34 heavy (non-hydrogen) atoms. The Morgan fingerprint density at radius 1 is 0.676 bits per heavy atom. The van der Waals surface area contributed by atoms with Crippen molar-refractivity contribution in [2.45, 2.75) is 0 Å². The first-order valence-corrected chi connectivity index (χ1v) is 13.0. The predicted molar refractivity (Wildman–Crippen MR) is 130 cm³/mol. The van der Waals surface area contributed by atoms with Crippen LogP contribution in [0.2, 0.25) is 0 Å². The van der Waals surface area contributed by atoms with Crippen LogP contribution < -0.4 is 5.01 Å². The van der Waals surface area contributed by atoms with E-state index in [9.17, 15) is 25.9 Å². The third-order valence-electron chi connectivity index (χ3n) is 5.48. The lowest BCUT2D eigenvalue weighted by atomic mass is 9.96. The van der Waals surface area contributed by atoms with Gasteiger partial charge in [-0.1, -0.05) is 72.8 Å². The molecule has 2 aliphatic heterocycles. The molecule has 2 aliphatic rings. The molecule has 0 aromatic heterocycles. The highest BCUT2D eigenvalue weighted by molar-refractivity contribution is 7.98. The third-order valence-corrected chi connectivity index (χ3v) is 7.39. The monoisotopic (exact) mass is 494 g/mol. The van der Waals surface area contributed by atoms with Gasteiger partial charge in [0.1, 0.15) is 4.91 Å². The molecule has 0 atom stereocenters. The maximum Gasteiger partial charge on any atom is 0.313 e. The van der Waals surface area contributed by atoms with E-state index in [0.717, 1.165) is 5.01 Å². The number of hydrogen-bond acceptors (Lipinski definition) is 6. The normalized spacial score (nSPS) is 15.6. The summed E-state index contributed by atoms with van der Waals surface area (Å²) in [5.41, 5.74) is 2.08. The quantitative estimate of drug-likeness (QED) is 0.514. The second-order valence-corrected chi connectivity index (χ2v) is 10.3. The zero-order chi connectivity index (χ0) is 24.1. The van der Waals surface area contributed by atoms with E-state index in [1.807, 2.05) is 0 Å². The van der Waals surface area contributed by atoms with Gasteiger partial charge in [-0.05, 0) is 29.3 Å². The first-order valence-electron chi connectivity index (χ1n) is 10.1. The van der Waals surface area contributed by atoms with Crippen molar-refractivity contribution in [3.05, 3.63) is 113 Å². The summed E-state index contributed by atoms with van der Waals surface area (Å²) in [6, 6.07) is 22.4. The van der Waals surface area contributed by atoms with Crippen molar-refractivity contribution in [1.29, 1.82) is 0 Å². The first kappa shape index (κ1) is 22.1. The fourth-order valence-electron chi connectivity index (χ4n) is 4.19. The number of allylic oxidation sites excluding steroid dienone is 2. The maximum atomic E-state index is 12.7. The highest BCUT2D eigenvalue weighted by Gasteiger charge is 2.44. The van der Waals surface area contributed by atoms with E-state index >= 15 is 0 Å². The van der Waals surface area contributed by atoms with Crippen LogP contribution in [0.1, 0.15) is 11.1 Å². The zero-order valence-corrected chi connectivity index (χ0v) is 19.1.